The first kappa shape index (κ1) is 19.7. The standard InChI is InChI=1S/C21H20N2O4/c1-2-13-22-19(24)15-27-20(25)14-18(16-9-5-3-6-10-16)23-21(26)17-11-7-4-8-12-17/h1,3-12,18H,13-15H2,(H,22,24)(H,23,26)/t18-/m1/s1. The molecule has 0 saturated carbocycles. The number of hydrogen-bond donors (Lipinski definition) is 2. The maximum absolute atomic E-state index is 12.4. The van der Waals surface area contributed by atoms with Gasteiger partial charge in [-0.25, -0.2) is 0 Å². The molecule has 0 bridgehead atoms. The van der Waals surface area contributed by atoms with E-state index in [1.165, 1.54) is 0 Å². The number of carbonyl (C=O) groups excluding carboxylic acids is 3. The van der Waals surface area contributed by atoms with E-state index in [1.54, 1.807) is 24.3 Å². The van der Waals surface area contributed by atoms with Crippen molar-refractivity contribution in [1.29, 1.82) is 0 Å². The topological polar surface area (TPSA) is 84.5 Å². The van der Waals surface area contributed by atoms with E-state index in [1.807, 2.05) is 36.4 Å². The molecule has 0 saturated heterocycles. The first-order chi connectivity index (χ1) is 13.1. The Morgan fingerprint density at radius 2 is 1.63 bits per heavy atom. The molecule has 2 aromatic carbocycles. The number of terminal acetylenes is 1. The Kier molecular flexibility index (Phi) is 7.61. The molecule has 0 aromatic heterocycles. The van der Waals surface area contributed by atoms with Gasteiger partial charge in [0.15, 0.2) is 6.61 Å². The number of amides is 2. The molecule has 6 nitrogen and oxygen atoms in total. The molecule has 1 atom stereocenters. The number of carbonyl (C=O) groups is 3. The van der Waals surface area contributed by atoms with Gasteiger partial charge in [-0.3, -0.25) is 14.4 Å². The molecule has 2 N–H and O–H groups in total. The highest BCUT2D eigenvalue weighted by molar-refractivity contribution is 5.94. The Hall–Kier alpha value is -3.59. The third kappa shape index (κ3) is 6.67. The van der Waals surface area contributed by atoms with Crippen molar-refractivity contribution in [3.05, 3.63) is 71.8 Å². The average Bonchev–Trinajstić information content (AvgIpc) is 2.71. The van der Waals surface area contributed by atoms with Crippen LogP contribution in [0.15, 0.2) is 60.7 Å². The molecular formula is C21H20N2O4. The highest BCUT2D eigenvalue weighted by atomic mass is 16.5. The molecule has 0 aliphatic carbocycles. The van der Waals surface area contributed by atoms with Gasteiger partial charge < -0.3 is 15.4 Å². The lowest BCUT2D eigenvalue weighted by molar-refractivity contribution is -0.149. The highest BCUT2D eigenvalue weighted by Crippen LogP contribution is 2.18. The van der Waals surface area contributed by atoms with Gasteiger partial charge in [0, 0.05) is 5.56 Å². The summed E-state index contributed by atoms with van der Waals surface area (Å²) >= 11 is 0. The van der Waals surface area contributed by atoms with Crippen molar-refractivity contribution < 1.29 is 19.1 Å². The lowest BCUT2D eigenvalue weighted by Gasteiger charge is -2.18. The average molecular weight is 364 g/mol. The van der Waals surface area contributed by atoms with Gasteiger partial charge in [-0.05, 0) is 17.7 Å². The predicted octanol–water partition coefficient (Wildman–Crippen LogP) is 1.84. The molecule has 2 aromatic rings. The smallest absolute Gasteiger partial charge is 0.308 e. The largest absolute Gasteiger partial charge is 0.456 e. The second kappa shape index (κ2) is 10.4. The molecule has 6 heteroatoms. The van der Waals surface area contributed by atoms with Crippen molar-refractivity contribution in [2.24, 2.45) is 0 Å². The SMILES string of the molecule is C#CCNC(=O)COC(=O)C[C@@H](NC(=O)c1ccccc1)c1ccccc1. The summed E-state index contributed by atoms with van der Waals surface area (Å²) in [6.45, 7) is -0.356. The summed E-state index contributed by atoms with van der Waals surface area (Å²) in [6.07, 6.45) is 4.94. The molecule has 0 unspecified atom stereocenters. The van der Waals surface area contributed by atoms with Crippen molar-refractivity contribution in [2.75, 3.05) is 13.2 Å². The van der Waals surface area contributed by atoms with Crippen LogP contribution in [-0.2, 0) is 14.3 Å². The molecule has 138 valence electrons. The summed E-state index contributed by atoms with van der Waals surface area (Å²) in [5, 5.41) is 5.24. The van der Waals surface area contributed by atoms with Crippen LogP contribution in [0.25, 0.3) is 0 Å². The van der Waals surface area contributed by atoms with Crippen LogP contribution in [0, 0.1) is 12.3 Å². The molecule has 0 radical (unpaired) electrons. The van der Waals surface area contributed by atoms with Gasteiger partial charge in [-0.1, -0.05) is 54.5 Å². The number of nitrogens with one attached hydrogen (secondary N) is 2. The van der Waals surface area contributed by atoms with Gasteiger partial charge in [0.2, 0.25) is 0 Å². The van der Waals surface area contributed by atoms with Crippen molar-refractivity contribution in [1.82, 2.24) is 10.6 Å². The third-order valence-corrected chi connectivity index (χ3v) is 3.67. The summed E-state index contributed by atoms with van der Waals surface area (Å²) in [4.78, 5) is 36.0. The molecule has 0 spiro atoms. The summed E-state index contributed by atoms with van der Waals surface area (Å²) in [7, 11) is 0. The quantitative estimate of drug-likeness (QED) is 0.553. The van der Waals surface area contributed by atoms with Gasteiger partial charge >= 0.3 is 5.97 Å². The van der Waals surface area contributed by atoms with E-state index in [-0.39, 0.29) is 18.9 Å². The summed E-state index contributed by atoms with van der Waals surface area (Å²) in [5.74, 6) is 0.871. The lowest BCUT2D eigenvalue weighted by atomic mass is 10.0. The fourth-order valence-electron chi connectivity index (χ4n) is 2.34. The monoisotopic (exact) mass is 364 g/mol. The van der Waals surface area contributed by atoms with Crippen LogP contribution in [-0.4, -0.2) is 30.9 Å². The third-order valence-electron chi connectivity index (χ3n) is 3.67. The molecular weight excluding hydrogens is 344 g/mol. The normalized spacial score (nSPS) is 10.9. The van der Waals surface area contributed by atoms with Crippen molar-refractivity contribution in [2.45, 2.75) is 12.5 Å². The van der Waals surface area contributed by atoms with Crippen molar-refractivity contribution in [3.63, 3.8) is 0 Å². The second-order valence-corrected chi connectivity index (χ2v) is 5.65. The van der Waals surface area contributed by atoms with Crippen LogP contribution in [0.5, 0.6) is 0 Å². The van der Waals surface area contributed by atoms with Crippen LogP contribution in [0.2, 0.25) is 0 Å². The molecule has 0 aliphatic heterocycles. The van der Waals surface area contributed by atoms with E-state index < -0.39 is 24.5 Å². The van der Waals surface area contributed by atoms with Gasteiger partial charge in [-0.15, -0.1) is 6.42 Å². The maximum Gasteiger partial charge on any atom is 0.308 e. The predicted molar refractivity (Wildman–Crippen MR) is 101 cm³/mol. The van der Waals surface area contributed by atoms with E-state index in [9.17, 15) is 14.4 Å². The van der Waals surface area contributed by atoms with Crippen LogP contribution in [0.1, 0.15) is 28.4 Å². The summed E-state index contributed by atoms with van der Waals surface area (Å²) in [6, 6.07) is 17.2. The fourth-order valence-corrected chi connectivity index (χ4v) is 2.34. The Bertz CT molecular complexity index is 813. The zero-order valence-corrected chi connectivity index (χ0v) is 14.7. The molecule has 2 rings (SSSR count). The number of rotatable bonds is 8. The summed E-state index contributed by atoms with van der Waals surface area (Å²) in [5.41, 5.74) is 1.25. The zero-order valence-electron chi connectivity index (χ0n) is 14.7. The maximum atomic E-state index is 12.4. The molecule has 2 amide bonds. The lowest BCUT2D eigenvalue weighted by Crippen LogP contribution is -2.32. The number of esters is 1. The van der Waals surface area contributed by atoms with Crippen molar-refractivity contribution >= 4 is 17.8 Å². The van der Waals surface area contributed by atoms with Crippen LogP contribution < -0.4 is 10.6 Å². The van der Waals surface area contributed by atoms with Crippen LogP contribution in [0.3, 0.4) is 0 Å². The zero-order chi connectivity index (χ0) is 19.5. The molecule has 27 heavy (non-hydrogen) atoms. The Morgan fingerprint density at radius 1 is 1.00 bits per heavy atom. The van der Waals surface area contributed by atoms with E-state index in [4.69, 9.17) is 11.2 Å². The highest BCUT2D eigenvalue weighted by Gasteiger charge is 2.20. The Balaban J connectivity index is 2.01. The van der Waals surface area contributed by atoms with E-state index in [2.05, 4.69) is 16.6 Å². The van der Waals surface area contributed by atoms with E-state index in [0.29, 0.717) is 5.56 Å². The van der Waals surface area contributed by atoms with E-state index in [0.717, 1.165) is 5.56 Å². The van der Waals surface area contributed by atoms with Gasteiger partial charge in [-0.2, -0.15) is 0 Å². The number of ether oxygens (including phenoxy) is 1. The molecule has 0 fully saturated rings. The minimum absolute atomic E-state index is 0.0656. The number of hydrogen-bond acceptors (Lipinski definition) is 4. The van der Waals surface area contributed by atoms with Gasteiger partial charge in [0.25, 0.3) is 11.8 Å². The van der Waals surface area contributed by atoms with Gasteiger partial charge in [0.05, 0.1) is 19.0 Å². The molecule has 0 heterocycles. The minimum atomic E-state index is -0.604. The van der Waals surface area contributed by atoms with E-state index >= 15 is 0 Å². The van der Waals surface area contributed by atoms with Crippen LogP contribution >= 0.6 is 0 Å². The first-order valence-corrected chi connectivity index (χ1v) is 8.37. The van der Waals surface area contributed by atoms with Gasteiger partial charge in [0.1, 0.15) is 0 Å². The second-order valence-electron chi connectivity index (χ2n) is 5.65. The number of benzene rings is 2. The molecule has 0 aliphatic rings. The van der Waals surface area contributed by atoms with Crippen LogP contribution in [0.4, 0.5) is 0 Å². The Labute approximate surface area is 157 Å². The minimum Gasteiger partial charge on any atom is -0.456 e. The summed E-state index contributed by atoms with van der Waals surface area (Å²) < 4.78 is 4.97. The fraction of sp³-hybridized carbons (Fsp3) is 0.190. The Morgan fingerprint density at radius 3 is 2.26 bits per heavy atom. The van der Waals surface area contributed by atoms with Crippen molar-refractivity contribution in [3.8, 4) is 12.3 Å². The first-order valence-electron chi connectivity index (χ1n) is 8.37.